The third kappa shape index (κ3) is 77.9. The fourth-order valence-electron chi connectivity index (χ4n) is 6.14. The van der Waals surface area contributed by atoms with Crippen LogP contribution in [0, 0.1) is 0 Å². The first-order valence-electron chi connectivity index (χ1n) is 26.8. The van der Waals surface area contributed by atoms with Gasteiger partial charge in [-0.2, -0.15) is 0 Å². The van der Waals surface area contributed by atoms with Gasteiger partial charge >= 0.3 is 5.97 Å². The number of allylic oxidation sites excluding steroid dienone is 16. The molecule has 0 atom stereocenters. The lowest BCUT2D eigenvalue weighted by Crippen LogP contribution is -2.04. The third-order valence-corrected chi connectivity index (χ3v) is 10.2. The van der Waals surface area contributed by atoms with Crippen LogP contribution in [0.15, 0.2) is 97.2 Å². The molecule has 0 saturated heterocycles. The number of unbranched alkanes of at least 4 members (excludes halogenated alkanes) is 22. The van der Waals surface area contributed by atoms with Crippen molar-refractivity contribution in [3.63, 3.8) is 0 Å². The average molecular weight is 864 g/mol. The van der Waals surface area contributed by atoms with Crippen LogP contribution in [0.4, 0.5) is 0 Å². The first-order valence-corrected chi connectivity index (χ1v) is 26.8. The second-order valence-electron chi connectivity index (χ2n) is 16.6. The van der Waals surface area contributed by atoms with E-state index in [9.17, 15) is 4.79 Å². The Labute approximate surface area is 391 Å². The highest BCUT2D eigenvalue weighted by Gasteiger charge is 2.01. The van der Waals surface area contributed by atoms with Crippen LogP contribution in [-0.2, 0) is 9.53 Å². The number of hydrogen-bond donors (Lipinski definition) is 0. The van der Waals surface area contributed by atoms with Crippen LogP contribution < -0.4 is 0 Å². The zero-order chi connectivity index (χ0) is 46.3. The van der Waals surface area contributed by atoms with Crippen molar-refractivity contribution < 1.29 is 9.53 Å². The van der Waals surface area contributed by atoms with Gasteiger partial charge in [-0.05, 0) is 129 Å². The molecular weight excluding hydrogens is 753 g/mol. The van der Waals surface area contributed by atoms with Crippen molar-refractivity contribution in [1.29, 1.82) is 0 Å². The van der Waals surface area contributed by atoms with E-state index in [1.54, 1.807) is 0 Å². The van der Waals surface area contributed by atoms with Crippen molar-refractivity contribution in [2.75, 3.05) is 6.61 Å². The maximum atomic E-state index is 11.3. The molecule has 2 heteroatoms. The van der Waals surface area contributed by atoms with Crippen LogP contribution in [0.2, 0.25) is 0 Å². The summed E-state index contributed by atoms with van der Waals surface area (Å²) in [6.45, 7) is 18.0. The molecule has 0 radical (unpaired) electrons. The maximum absolute atomic E-state index is 11.3. The molecule has 0 bridgehead atoms. The van der Waals surface area contributed by atoms with Gasteiger partial charge in [0.1, 0.15) is 0 Å². The predicted molar refractivity (Wildman–Crippen MR) is 286 cm³/mol. The normalized spacial score (nSPS) is 11.7. The van der Waals surface area contributed by atoms with Gasteiger partial charge in [0.25, 0.3) is 0 Å². The molecule has 0 saturated carbocycles. The molecule has 0 fully saturated rings. The lowest BCUT2D eigenvalue weighted by atomic mass is 10.1. The second-order valence-corrected chi connectivity index (χ2v) is 16.6. The zero-order valence-electron chi connectivity index (χ0n) is 43.3. The monoisotopic (exact) mass is 863 g/mol. The van der Waals surface area contributed by atoms with Gasteiger partial charge in [0.05, 0.1) is 6.61 Å². The van der Waals surface area contributed by atoms with Crippen molar-refractivity contribution in [3.05, 3.63) is 97.2 Å². The molecular formula is C60H110O2. The van der Waals surface area contributed by atoms with Gasteiger partial charge in [-0.25, -0.2) is 0 Å². The lowest BCUT2D eigenvalue weighted by Gasteiger charge is -2.02. The van der Waals surface area contributed by atoms with Crippen molar-refractivity contribution in [3.8, 4) is 0 Å². The number of carbonyl (C=O) groups excluding carboxylic acids is 1. The minimum Gasteiger partial charge on any atom is -0.466 e. The summed E-state index contributed by atoms with van der Waals surface area (Å²) in [6.07, 6.45) is 78.4. The van der Waals surface area contributed by atoms with E-state index >= 15 is 0 Å². The topological polar surface area (TPSA) is 26.3 Å². The summed E-state index contributed by atoms with van der Waals surface area (Å²) in [5.41, 5.74) is 0. The molecule has 0 spiro atoms. The minimum absolute atomic E-state index is 0.0301. The van der Waals surface area contributed by atoms with Gasteiger partial charge in [0, 0.05) is 6.42 Å². The van der Waals surface area contributed by atoms with Gasteiger partial charge in [0.2, 0.25) is 0 Å². The Morgan fingerprint density at radius 3 is 0.871 bits per heavy atom. The molecule has 0 heterocycles. The summed E-state index contributed by atoms with van der Waals surface area (Å²) in [7, 11) is 0. The highest BCUT2D eigenvalue weighted by molar-refractivity contribution is 5.69. The van der Waals surface area contributed by atoms with Crippen LogP contribution in [-0.4, -0.2) is 12.6 Å². The Bertz CT molecular complexity index is 989. The van der Waals surface area contributed by atoms with E-state index in [0.29, 0.717) is 13.0 Å². The van der Waals surface area contributed by atoms with E-state index in [-0.39, 0.29) is 5.97 Å². The van der Waals surface area contributed by atoms with Gasteiger partial charge in [-0.3, -0.25) is 4.79 Å². The van der Waals surface area contributed by atoms with Gasteiger partial charge in [0.15, 0.2) is 0 Å². The molecule has 0 aromatic carbocycles. The first-order chi connectivity index (χ1) is 30.6. The van der Waals surface area contributed by atoms with E-state index < -0.39 is 0 Å². The summed E-state index contributed by atoms with van der Waals surface area (Å²) in [4.78, 5) is 11.3. The van der Waals surface area contributed by atoms with E-state index in [2.05, 4.69) is 146 Å². The summed E-state index contributed by atoms with van der Waals surface area (Å²) < 4.78 is 5.06. The third-order valence-electron chi connectivity index (χ3n) is 10.2. The fourth-order valence-corrected chi connectivity index (χ4v) is 6.14. The summed E-state index contributed by atoms with van der Waals surface area (Å²) in [6, 6.07) is 0. The molecule has 0 amide bonds. The Balaban J connectivity index is -0.000000380. The Hall–Kier alpha value is -2.61. The minimum atomic E-state index is -0.0301. The zero-order valence-corrected chi connectivity index (χ0v) is 43.3. The molecule has 0 aliphatic rings. The van der Waals surface area contributed by atoms with E-state index in [4.69, 9.17) is 4.74 Å². The highest BCUT2D eigenvalue weighted by atomic mass is 16.5. The Morgan fingerprint density at radius 2 is 0.565 bits per heavy atom. The molecule has 62 heavy (non-hydrogen) atoms. The molecule has 0 rings (SSSR count). The molecule has 0 N–H and O–H groups in total. The number of carbonyl (C=O) groups is 1. The van der Waals surface area contributed by atoms with Crippen molar-refractivity contribution in [2.24, 2.45) is 0 Å². The van der Waals surface area contributed by atoms with E-state index in [1.807, 2.05) is 6.92 Å². The van der Waals surface area contributed by atoms with Gasteiger partial charge < -0.3 is 4.74 Å². The molecule has 0 aromatic rings. The van der Waals surface area contributed by atoms with Crippen LogP contribution in [0.3, 0.4) is 0 Å². The Kier molecular flexibility index (Phi) is 74.6. The van der Waals surface area contributed by atoms with Crippen molar-refractivity contribution in [2.45, 2.75) is 274 Å². The fraction of sp³-hybridized carbons (Fsp3) is 0.717. The predicted octanol–water partition coefficient (Wildman–Crippen LogP) is 21.4. The van der Waals surface area contributed by atoms with Crippen molar-refractivity contribution >= 4 is 5.97 Å². The quantitative estimate of drug-likeness (QED) is 0.0349. The lowest BCUT2D eigenvalue weighted by molar-refractivity contribution is -0.143. The summed E-state index contributed by atoms with van der Waals surface area (Å²) >= 11 is 0. The number of hydrogen-bond acceptors (Lipinski definition) is 2. The van der Waals surface area contributed by atoms with Crippen LogP contribution >= 0.6 is 0 Å². The van der Waals surface area contributed by atoms with E-state index in [0.717, 1.165) is 44.9 Å². The number of esters is 1. The molecule has 0 aliphatic carbocycles. The first kappa shape index (κ1) is 66.0. The smallest absolute Gasteiger partial charge is 0.305 e. The van der Waals surface area contributed by atoms with Gasteiger partial charge in [-0.15, -0.1) is 0 Å². The van der Waals surface area contributed by atoms with Crippen LogP contribution in [0.1, 0.15) is 274 Å². The molecule has 0 aliphatic heterocycles. The van der Waals surface area contributed by atoms with Gasteiger partial charge in [-0.1, -0.05) is 235 Å². The molecule has 0 unspecified atom stereocenters. The summed E-state index contributed by atoms with van der Waals surface area (Å²) in [5, 5.41) is 0. The molecule has 2 nitrogen and oxygen atoms in total. The highest BCUT2D eigenvalue weighted by Crippen LogP contribution is 2.10. The maximum Gasteiger partial charge on any atom is 0.305 e. The Morgan fingerprint density at radius 1 is 0.306 bits per heavy atom. The standard InChI is InChI=1S/C21H38O2.C17H32.2C11H20/c1-3-5-6-7-8-9-10-11-12-13-14-15-16-17-18-19-21(22)23-20-4-2;1-3-5-7-9-11-13-15-17-16-14-12-10-8-6-4-2;2*1-3-5-7-9-11-10-8-6-4-2/h8-9,11-12H,3-7,10,13-20H2,1-2H3;11,13,16-17H,3-10,12,14-15H2,1-2H3;2*3,5,9,11H,4,6-8,10H2,1-2H3/b9-8-,12-11+;13-11+,17-16+;2*5-3+,11-9+. The second kappa shape index (κ2) is 70.1. The number of ether oxygens (including phenoxy) is 1. The summed E-state index contributed by atoms with van der Waals surface area (Å²) in [5.74, 6) is -0.0301. The van der Waals surface area contributed by atoms with Crippen LogP contribution in [0.25, 0.3) is 0 Å². The number of rotatable bonds is 40. The SMILES string of the molecule is C/C=C/C/C=C/CCCCC.C/C=C/C/C=C/CCCCC.CCCCC/C=C/C/C=C/CCCCCCC.CCCCC/C=C\C/C=C/CCCCCCCC(=O)OCCC. The molecule has 0 aromatic heterocycles. The molecule has 362 valence electrons. The average Bonchev–Trinajstić information content (AvgIpc) is 3.28. The largest absolute Gasteiger partial charge is 0.466 e. The van der Waals surface area contributed by atoms with Crippen molar-refractivity contribution in [1.82, 2.24) is 0 Å². The van der Waals surface area contributed by atoms with Crippen LogP contribution in [0.5, 0.6) is 0 Å². The van der Waals surface area contributed by atoms with E-state index in [1.165, 1.54) is 167 Å².